The Labute approximate surface area is 243 Å². The first kappa shape index (κ1) is 31.8. The lowest BCUT2D eigenvalue weighted by Gasteiger charge is -2.33. The van der Waals surface area contributed by atoms with Crippen molar-refractivity contribution >= 4 is 27.5 Å². The molecule has 0 fully saturated rings. The zero-order chi connectivity index (χ0) is 30.0. The molecule has 41 heavy (non-hydrogen) atoms. The summed E-state index contributed by atoms with van der Waals surface area (Å²) in [6.45, 7) is 6.17. The lowest BCUT2D eigenvalue weighted by Crippen LogP contribution is -2.52. The second-order valence-corrected chi connectivity index (χ2v) is 12.3. The largest absolute Gasteiger partial charge is 0.352 e. The zero-order valence-electron chi connectivity index (χ0n) is 24.2. The van der Waals surface area contributed by atoms with Gasteiger partial charge in [-0.05, 0) is 67.6 Å². The number of amides is 2. The summed E-state index contributed by atoms with van der Waals surface area (Å²) in [5, 5.41) is 3.05. The molecule has 0 spiro atoms. The van der Waals surface area contributed by atoms with Gasteiger partial charge < -0.3 is 10.2 Å². The molecule has 220 valence electrons. The number of carbonyl (C=O) groups is 2. The van der Waals surface area contributed by atoms with Crippen molar-refractivity contribution in [2.24, 2.45) is 0 Å². The Kier molecular flexibility index (Phi) is 11.5. The first-order valence-corrected chi connectivity index (χ1v) is 15.8. The summed E-state index contributed by atoms with van der Waals surface area (Å²) < 4.78 is 39.7. The van der Waals surface area contributed by atoms with Crippen molar-refractivity contribution in [3.8, 4) is 0 Å². The number of rotatable bonds is 14. The van der Waals surface area contributed by atoms with E-state index in [1.807, 2.05) is 75.4 Å². The van der Waals surface area contributed by atoms with Crippen molar-refractivity contribution in [3.05, 3.63) is 101 Å². The van der Waals surface area contributed by atoms with Gasteiger partial charge in [0.1, 0.15) is 11.9 Å². The van der Waals surface area contributed by atoms with Gasteiger partial charge in [-0.25, -0.2) is 12.8 Å². The minimum atomic E-state index is -3.67. The molecule has 0 saturated carbocycles. The van der Waals surface area contributed by atoms with Gasteiger partial charge in [-0.2, -0.15) is 0 Å². The summed E-state index contributed by atoms with van der Waals surface area (Å²) in [7, 11) is -3.67. The number of nitrogens with one attached hydrogen (secondary N) is 1. The van der Waals surface area contributed by atoms with E-state index in [4.69, 9.17) is 0 Å². The molecule has 0 aliphatic carbocycles. The Morgan fingerprint density at radius 2 is 1.59 bits per heavy atom. The van der Waals surface area contributed by atoms with E-state index in [0.717, 1.165) is 29.4 Å². The summed E-state index contributed by atoms with van der Waals surface area (Å²) in [6.07, 6.45) is 2.42. The highest BCUT2D eigenvalue weighted by Crippen LogP contribution is 2.21. The van der Waals surface area contributed by atoms with Crippen molar-refractivity contribution in [1.29, 1.82) is 0 Å². The highest BCUT2D eigenvalue weighted by Gasteiger charge is 2.31. The molecule has 2 atom stereocenters. The van der Waals surface area contributed by atoms with Crippen LogP contribution < -0.4 is 9.62 Å². The highest BCUT2D eigenvalue weighted by atomic mass is 32.2. The van der Waals surface area contributed by atoms with Crippen LogP contribution in [-0.2, 0) is 32.6 Å². The van der Waals surface area contributed by atoms with Crippen LogP contribution >= 0.6 is 0 Å². The highest BCUT2D eigenvalue weighted by molar-refractivity contribution is 7.92. The van der Waals surface area contributed by atoms with Crippen molar-refractivity contribution in [2.45, 2.75) is 65.1 Å². The smallest absolute Gasteiger partial charge is 0.243 e. The molecule has 1 N–H and O–H groups in total. The van der Waals surface area contributed by atoms with E-state index in [-0.39, 0.29) is 43.8 Å². The van der Waals surface area contributed by atoms with Crippen LogP contribution in [0.2, 0.25) is 0 Å². The molecule has 0 unspecified atom stereocenters. The van der Waals surface area contributed by atoms with Crippen molar-refractivity contribution < 1.29 is 22.4 Å². The molecular weight excluding hydrogens is 541 g/mol. The van der Waals surface area contributed by atoms with E-state index in [2.05, 4.69) is 5.32 Å². The van der Waals surface area contributed by atoms with E-state index in [1.165, 1.54) is 28.6 Å². The van der Waals surface area contributed by atoms with Crippen LogP contribution in [0.5, 0.6) is 0 Å². The Morgan fingerprint density at radius 3 is 2.20 bits per heavy atom. The zero-order valence-corrected chi connectivity index (χ0v) is 25.0. The fourth-order valence-electron chi connectivity index (χ4n) is 4.58. The van der Waals surface area contributed by atoms with Gasteiger partial charge >= 0.3 is 0 Å². The quantitative estimate of drug-likeness (QED) is 0.282. The maximum Gasteiger partial charge on any atom is 0.243 e. The number of aryl methyl sites for hydroxylation is 1. The molecule has 2 amide bonds. The van der Waals surface area contributed by atoms with Crippen LogP contribution in [0.15, 0.2) is 78.9 Å². The number of sulfonamides is 1. The van der Waals surface area contributed by atoms with E-state index < -0.39 is 21.9 Å². The lowest BCUT2D eigenvalue weighted by molar-refractivity contribution is -0.141. The molecular formula is C32H40FN3O4S. The van der Waals surface area contributed by atoms with Crippen LogP contribution in [0.4, 0.5) is 10.1 Å². The van der Waals surface area contributed by atoms with Crippen LogP contribution in [0.25, 0.3) is 0 Å². The maximum absolute atomic E-state index is 13.9. The second kappa shape index (κ2) is 14.8. The minimum Gasteiger partial charge on any atom is -0.352 e. The van der Waals surface area contributed by atoms with Gasteiger partial charge in [0.15, 0.2) is 0 Å². The number of nitrogens with zero attached hydrogens (tertiary/aromatic N) is 2. The van der Waals surface area contributed by atoms with Gasteiger partial charge in [0.25, 0.3) is 0 Å². The first-order valence-electron chi connectivity index (χ1n) is 13.9. The third kappa shape index (κ3) is 9.42. The van der Waals surface area contributed by atoms with Gasteiger partial charge in [-0.1, -0.05) is 61.5 Å². The van der Waals surface area contributed by atoms with Crippen LogP contribution in [-0.4, -0.2) is 50.0 Å². The molecule has 0 aliphatic heterocycles. The number of hydrogen-bond donors (Lipinski definition) is 1. The molecule has 0 aromatic heterocycles. The molecule has 9 heteroatoms. The second-order valence-electron chi connectivity index (χ2n) is 10.4. The number of hydrogen-bond acceptors (Lipinski definition) is 4. The standard InChI is InChI=1S/C32H40FN3O4S/c1-5-25(3)34-32(38)30(22-26-13-7-6-8-14-26)35(23-27-15-10-9-12-24(27)2)31(37)16-11-21-36(41(4,39)40)29-19-17-28(33)18-20-29/h6-10,12-15,17-20,25,30H,5,11,16,21-23H2,1-4H3,(H,34,38)/t25-,30+/m1/s1. The van der Waals surface area contributed by atoms with E-state index in [9.17, 15) is 22.4 Å². The molecule has 0 heterocycles. The molecule has 3 aromatic carbocycles. The van der Waals surface area contributed by atoms with Gasteiger partial charge in [0.05, 0.1) is 11.9 Å². The molecule has 0 radical (unpaired) electrons. The molecule has 0 aliphatic rings. The number of benzene rings is 3. The summed E-state index contributed by atoms with van der Waals surface area (Å²) in [4.78, 5) is 29.2. The van der Waals surface area contributed by atoms with Crippen LogP contribution in [0.1, 0.15) is 49.8 Å². The number of carbonyl (C=O) groups excluding carboxylic acids is 2. The van der Waals surface area contributed by atoms with Gasteiger partial charge in [0.2, 0.25) is 21.8 Å². The predicted molar refractivity (Wildman–Crippen MR) is 161 cm³/mol. The fraction of sp³-hybridized carbons (Fsp3) is 0.375. The average molecular weight is 582 g/mol. The topological polar surface area (TPSA) is 86.8 Å². The van der Waals surface area contributed by atoms with Gasteiger partial charge in [0, 0.05) is 32.0 Å². The van der Waals surface area contributed by atoms with E-state index >= 15 is 0 Å². The Bertz CT molecular complexity index is 1400. The van der Waals surface area contributed by atoms with E-state index in [0.29, 0.717) is 12.1 Å². The molecule has 0 bridgehead atoms. The van der Waals surface area contributed by atoms with Crippen molar-refractivity contribution in [2.75, 3.05) is 17.1 Å². The summed E-state index contributed by atoms with van der Waals surface area (Å²) in [6, 6.07) is 21.7. The van der Waals surface area contributed by atoms with E-state index in [1.54, 1.807) is 4.90 Å². The molecule has 3 rings (SSSR count). The fourth-order valence-corrected chi connectivity index (χ4v) is 5.54. The Balaban J connectivity index is 1.89. The number of halogens is 1. The van der Waals surface area contributed by atoms with Crippen LogP contribution in [0, 0.1) is 12.7 Å². The molecule has 3 aromatic rings. The van der Waals surface area contributed by atoms with Crippen molar-refractivity contribution in [1.82, 2.24) is 10.2 Å². The summed E-state index contributed by atoms with van der Waals surface area (Å²) in [5.41, 5.74) is 3.19. The Hall–Kier alpha value is -3.72. The van der Waals surface area contributed by atoms with Crippen LogP contribution in [0.3, 0.4) is 0 Å². The first-order chi connectivity index (χ1) is 19.5. The summed E-state index contributed by atoms with van der Waals surface area (Å²) >= 11 is 0. The van der Waals surface area contributed by atoms with Gasteiger partial charge in [-0.3, -0.25) is 13.9 Å². The molecule has 0 saturated heterocycles. The summed E-state index contributed by atoms with van der Waals surface area (Å²) in [5.74, 6) is -0.945. The third-order valence-corrected chi connectivity index (χ3v) is 8.33. The average Bonchev–Trinajstić information content (AvgIpc) is 2.94. The van der Waals surface area contributed by atoms with Gasteiger partial charge in [-0.15, -0.1) is 0 Å². The van der Waals surface area contributed by atoms with Crippen molar-refractivity contribution in [3.63, 3.8) is 0 Å². The SMILES string of the molecule is CC[C@@H](C)NC(=O)[C@H](Cc1ccccc1)N(Cc1ccccc1C)C(=O)CCCN(c1ccc(F)cc1)S(C)(=O)=O. The normalized spacial score (nSPS) is 12.8. The maximum atomic E-state index is 13.9. The lowest BCUT2D eigenvalue weighted by atomic mass is 10.0. The molecule has 7 nitrogen and oxygen atoms in total. The predicted octanol–water partition coefficient (Wildman–Crippen LogP) is 5.24. The third-order valence-electron chi connectivity index (χ3n) is 7.14. The minimum absolute atomic E-state index is 0.0288. The monoisotopic (exact) mass is 581 g/mol. The number of anilines is 1. The Morgan fingerprint density at radius 1 is 0.951 bits per heavy atom.